The van der Waals surface area contributed by atoms with Gasteiger partial charge in [-0.2, -0.15) is 0 Å². The molecule has 2 N–H and O–H groups in total. The zero-order chi connectivity index (χ0) is 22.9. The molecule has 0 unspecified atom stereocenters. The maximum atomic E-state index is 5.66. The number of aryl methyl sites for hydroxylation is 1. The van der Waals surface area contributed by atoms with E-state index in [1.54, 1.807) is 6.26 Å². The van der Waals surface area contributed by atoms with E-state index in [9.17, 15) is 0 Å². The van der Waals surface area contributed by atoms with Crippen molar-refractivity contribution in [3.05, 3.63) is 77.2 Å². The van der Waals surface area contributed by atoms with Crippen molar-refractivity contribution in [3.63, 3.8) is 0 Å². The first-order chi connectivity index (χ1) is 16.2. The third-order valence-corrected chi connectivity index (χ3v) is 5.55. The van der Waals surface area contributed by atoms with Gasteiger partial charge in [-0.25, -0.2) is 9.98 Å². The summed E-state index contributed by atoms with van der Waals surface area (Å²) >= 11 is 0. The Morgan fingerprint density at radius 3 is 2.64 bits per heavy atom. The Morgan fingerprint density at radius 2 is 1.85 bits per heavy atom. The maximum absolute atomic E-state index is 5.66. The molecule has 0 aliphatic carbocycles. The number of oxazole rings is 1. The van der Waals surface area contributed by atoms with Gasteiger partial charge in [0.05, 0.1) is 32.0 Å². The Balaban J connectivity index is 1.34. The summed E-state index contributed by atoms with van der Waals surface area (Å²) in [6.45, 7) is 10.6. The number of aromatic nitrogens is 1. The summed E-state index contributed by atoms with van der Waals surface area (Å²) in [5, 5.41) is 6.66. The smallest absolute Gasteiger partial charge is 0.226 e. The molecule has 2 aromatic carbocycles. The third-order valence-electron chi connectivity index (χ3n) is 5.55. The van der Waals surface area contributed by atoms with Crippen LogP contribution in [0.3, 0.4) is 0 Å². The summed E-state index contributed by atoms with van der Waals surface area (Å²) in [6.07, 6.45) is 1.70. The van der Waals surface area contributed by atoms with Crippen LogP contribution >= 0.6 is 0 Å². The Labute approximate surface area is 195 Å². The fourth-order valence-electron chi connectivity index (χ4n) is 3.75. The van der Waals surface area contributed by atoms with E-state index in [1.807, 2.05) is 12.1 Å². The number of benzene rings is 2. The Morgan fingerprint density at radius 1 is 1.06 bits per heavy atom. The normalized spacial score (nSPS) is 14.9. The quantitative estimate of drug-likeness (QED) is 0.405. The molecule has 0 spiro atoms. The molecule has 7 nitrogen and oxygen atoms in total. The van der Waals surface area contributed by atoms with E-state index in [0.29, 0.717) is 19.0 Å². The summed E-state index contributed by atoms with van der Waals surface area (Å²) in [6, 6.07) is 16.8. The van der Waals surface area contributed by atoms with Gasteiger partial charge in [0.1, 0.15) is 6.26 Å². The summed E-state index contributed by atoms with van der Waals surface area (Å²) in [7, 11) is 0. The lowest BCUT2D eigenvalue weighted by molar-refractivity contribution is 0.0342. The number of aliphatic imine (C=N–C) groups is 1. The zero-order valence-electron chi connectivity index (χ0n) is 19.5. The molecule has 1 aromatic heterocycles. The van der Waals surface area contributed by atoms with E-state index in [-0.39, 0.29) is 0 Å². The van der Waals surface area contributed by atoms with Crippen LogP contribution in [0.1, 0.15) is 29.3 Å². The van der Waals surface area contributed by atoms with Gasteiger partial charge >= 0.3 is 0 Å². The minimum Gasteiger partial charge on any atom is -0.444 e. The molecule has 1 aliphatic rings. The van der Waals surface area contributed by atoms with E-state index in [2.05, 4.69) is 70.8 Å². The monoisotopic (exact) mass is 447 g/mol. The molecule has 0 bridgehead atoms. The highest BCUT2D eigenvalue weighted by atomic mass is 16.5. The molecule has 0 saturated carbocycles. The Hall–Kier alpha value is -3.16. The molecule has 174 valence electrons. The standard InChI is InChI=1S/C26H33N5O2/c1-3-27-26(29-17-24-19-33-25(30-24)23-9-7-20(2)8-10-23)28-16-21-5-4-6-22(15-21)18-31-11-13-32-14-12-31/h4-10,15,19H,3,11-14,16-18H2,1-2H3,(H2,27,28,29). The highest BCUT2D eigenvalue weighted by Crippen LogP contribution is 2.19. The Kier molecular flexibility index (Phi) is 8.11. The van der Waals surface area contributed by atoms with Gasteiger partial charge in [-0.15, -0.1) is 0 Å². The van der Waals surface area contributed by atoms with E-state index in [0.717, 1.165) is 56.6 Å². The average molecular weight is 448 g/mol. The zero-order valence-corrected chi connectivity index (χ0v) is 19.5. The highest BCUT2D eigenvalue weighted by molar-refractivity contribution is 5.79. The molecular weight excluding hydrogens is 414 g/mol. The number of rotatable bonds is 8. The number of hydrogen-bond donors (Lipinski definition) is 2. The second kappa shape index (κ2) is 11.6. The van der Waals surface area contributed by atoms with Gasteiger partial charge in [0.15, 0.2) is 5.96 Å². The second-order valence-corrected chi connectivity index (χ2v) is 8.27. The average Bonchev–Trinajstić information content (AvgIpc) is 3.31. The van der Waals surface area contributed by atoms with Crippen LogP contribution in [-0.2, 0) is 24.4 Å². The van der Waals surface area contributed by atoms with Crippen molar-refractivity contribution in [3.8, 4) is 11.5 Å². The van der Waals surface area contributed by atoms with Gasteiger partial charge in [0, 0.05) is 31.7 Å². The largest absolute Gasteiger partial charge is 0.444 e. The molecule has 0 amide bonds. The van der Waals surface area contributed by atoms with Gasteiger partial charge < -0.3 is 19.8 Å². The first kappa shape index (κ1) is 23.0. The third kappa shape index (κ3) is 6.91. The van der Waals surface area contributed by atoms with Crippen molar-refractivity contribution >= 4 is 5.96 Å². The van der Waals surface area contributed by atoms with Gasteiger partial charge in [0.25, 0.3) is 0 Å². The van der Waals surface area contributed by atoms with E-state index >= 15 is 0 Å². The van der Waals surface area contributed by atoms with Gasteiger partial charge in [-0.05, 0) is 37.1 Å². The molecule has 0 radical (unpaired) electrons. The number of ether oxygens (including phenoxy) is 1. The molecule has 3 aromatic rings. The SMILES string of the molecule is CCNC(=NCc1cccc(CN2CCOCC2)c1)NCc1coc(-c2ccc(C)cc2)n1. The number of nitrogens with zero attached hydrogens (tertiary/aromatic N) is 3. The number of hydrogen-bond acceptors (Lipinski definition) is 5. The van der Waals surface area contributed by atoms with Gasteiger partial charge in [0.2, 0.25) is 5.89 Å². The van der Waals surface area contributed by atoms with Crippen LogP contribution in [0.4, 0.5) is 0 Å². The molecule has 1 fully saturated rings. The van der Waals surface area contributed by atoms with Crippen LogP contribution in [0.5, 0.6) is 0 Å². The van der Waals surface area contributed by atoms with Crippen molar-refractivity contribution < 1.29 is 9.15 Å². The molecule has 4 rings (SSSR count). The van der Waals surface area contributed by atoms with Crippen LogP contribution in [0.2, 0.25) is 0 Å². The van der Waals surface area contributed by atoms with Crippen molar-refractivity contribution in [1.82, 2.24) is 20.5 Å². The van der Waals surface area contributed by atoms with Gasteiger partial charge in [-0.3, -0.25) is 4.90 Å². The fourth-order valence-corrected chi connectivity index (χ4v) is 3.75. The summed E-state index contributed by atoms with van der Waals surface area (Å²) in [5.41, 5.74) is 5.54. The van der Waals surface area contributed by atoms with Crippen molar-refractivity contribution in [2.75, 3.05) is 32.8 Å². The first-order valence-corrected chi connectivity index (χ1v) is 11.6. The molecule has 7 heteroatoms. The van der Waals surface area contributed by atoms with Crippen molar-refractivity contribution in [1.29, 1.82) is 0 Å². The van der Waals surface area contributed by atoms with E-state index in [1.165, 1.54) is 16.7 Å². The molecule has 1 saturated heterocycles. The van der Waals surface area contributed by atoms with Gasteiger partial charge in [-0.1, -0.05) is 42.0 Å². The van der Waals surface area contributed by atoms with Crippen molar-refractivity contribution in [2.24, 2.45) is 4.99 Å². The van der Waals surface area contributed by atoms with E-state index in [4.69, 9.17) is 14.1 Å². The van der Waals surface area contributed by atoms with E-state index < -0.39 is 0 Å². The molecule has 1 aliphatic heterocycles. The number of morpholine rings is 1. The van der Waals surface area contributed by atoms with Crippen molar-refractivity contribution in [2.45, 2.75) is 33.5 Å². The lowest BCUT2D eigenvalue weighted by Gasteiger charge is -2.26. The molecule has 0 atom stereocenters. The second-order valence-electron chi connectivity index (χ2n) is 8.27. The lowest BCUT2D eigenvalue weighted by Crippen LogP contribution is -2.36. The minimum absolute atomic E-state index is 0.540. The molecular formula is C26H33N5O2. The first-order valence-electron chi connectivity index (χ1n) is 11.6. The highest BCUT2D eigenvalue weighted by Gasteiger charge is 2.11. The number of nitrogens with one attached hydrogen (secondary N) is 2. The van der Waals surface area contributed by atoms with Crippen LogP contribution < -0.4 is 10.6 Å². The topological polar surface area (TPSA) is 74.9 Å². The fraction of sp³-hybridized carbons (Fsp3) is 0.385. The van der Waals surface area contributed by atoms with Crippen LogP contribution in [0.15, 0.2) is 64.2 Å². The molecule has 33 heavy (non-hydrogen) atoms. The lowest BCUT2D eigenvalue weighted by atomic mass is 10.1. The summed E-state index contributed by atoms with van der Waals surface area (Å²) in [5.74, 6) is 1.39. The maximum Gasteiger partial charge on any atom is 0.226 e. The summed E-state index contributed by atoms with van der Waals surface area (Å²) < 4.78 is 11.1. The number of guanidine groups is 1. The predicted octanol–water partition coefficient (Wildman–Crippen LogP) is 3.74. The van der Waals surface area contributed by atoms with Crippen LogP contribution in [-0.4, -0.2) is 48.7 Å². The van der Waals surface area contributed by atoms with Crippen LogP contribution in [0.25, 0.3) is 11.5 Å². The minimum atomic E-state index is 0.540. The van der Waals surface area contributed by atoms with Crippen LogP contribution in [0, 0.1) is 6.92 Å². The molecule has 2 heterocycles. The summed E-state index contributed by atoms with van der Waals surface area (Å²) in [4.78, 5) is 11.8. The Bertz CT molecular complexity index is 1040. The predicted molar refractivity (Wildman–Crippen MR) is 131 cm³/mol.